The second-order valence-corrected chi connectivity index (χ2v) is 5.35. The number of ketones is 1. The number of ether oxygens (including phenoxy) is 1. The molecule has 2 aromatic rings. The summed E-state index contributed by atoms with van der Waals surface area (Å²) < 4.78 is 5.07. The molecular weight excluding hydrogens is 278 g/mol. The van der Waals surface area contributed by atoms with Crippen molar-refractivity contribution in [2.45, 2.75) is 27.7 Å². The SMILES string of the molecule is Cc1cc(C)c(C(=O)COC(=O)c2ccccn2)c(C)c1C. The molecule has 0 bridgehead atoms. The first-order valence-electron chi connectivity index (χ1n) is 7.10. The minimum Gasteiger partial charge on any atom is -0.453 e. The van der Waals surface area contributed by atoms with Crippen LogP contribution in [0.2, 0.25) is 0 Å². The second kappa shape index (κ2) is 6.52. The minimum atomic E-state index is -0.590. The van der Waals surface area contributed by atoms with Crippen molar-refractivity contribution in [2.75, 3.05) is 6.61 Å². The number of aryl methyl sites for hydroxylation is 2. The lowest BCUT2D eigenvalue weighted by Gasteiger charge is -2.14. The number of Topliss-reactive ketones (excluding diaryl/α,β-unsaturated/α-hetero) is 1. The molecule has 0 radical (unpaired) electrons. The van der Waals surface area contributed by atoms with E-state index in [0.717, 1.165) is 22.3 Å². The number of rotatable bonds is 4. The number of carbonyl (C=O) groups is 2. The Morgan fingerprint density at radius 1 is 1.05 bits per heavy atom. The first-order valence-corrected chi connectivity index (χ1v) is 7.10. The highest BCUT2D eigenvalue weighted by atomic mass is 16.5. The van der Waals surface area contributed by atoms with Crippen LogP contribution in [0.25, 0.3) is 0 Å². The standard InChI is InChI=1S/C18H19NO3/c1-11-9-12(2)17(14(4)13(11)3)16(20)10-22-18(21)15-7-5-6-8-19-15/h5-9H,10H2,1-4H3. The predicted octanol–water partition coefficient (Wildman–Crippen LogP) is 3.35. The maximum atomic E-state index is 12.4. The summed E-state index contributed by atoms with van der Waals surface area (Å²) in [5.41, 5.74) is 4.92. The number of hydrogen-bond acceptors (Lipinski definition) is 4. The monoisotopic (exact) mass is 297 g/mol. The lowest BCUT2D eigenvalue weighted by atomic mass is 9.92. The van der Waals surface area contributed by atoms with E-state index in [9.17, 15) is 9.59 Å². The third-order valence-corrected chi connectivity index (χ3v) is 3.84. The van der Waals surface area contributed by atoms with E-state index in [4.69, 9.17) is 4.74 Å². The van der Waals surface area contributed by atoms with E-state index in [1.54, 1.807) is 18.2 Å². The van der Waals surface area contributed by atoms with Crippen LogP contribution < -0.4 is 0 Å². The van der Waals surface area contributed by atoms with Gasteiger partial charge in [-0.15, -0.1) is 0 Å². The van der Waals surface area contributed by atoms with Gasteiger partial charge in [-0.2, -0.15) is 0 Å². The molecule has 0 saturated carbocycles. The molecule has 4 nitrogen and oxygen atoms in total. The van der Waals surface area contributed by atoms with Gasteiger partial charge in [0, 0.05) is 11.8 Å². The Hall–Kier alpha value is -2.49. The normalized spacial score (nSPS) is 10.4. The molecular formula is C18H19NO3. The van der Waals surface area contributed by atoms with Crippen molar-refractivity contribution in [1.29, 1.82) is 0 Å². The first-order chi connectivity index (χ1) is 10.4. The lowest BCUT2D eigenvalue weighted by molar-refractivity contribution is 0.0468. The van der Waals surface area contributed by atoms with E-state index in [1.165, 1.54) is 6.20 Å². The molecule has 1 aromatic carbocycles. The van der Waals surface area contributed by atoms with Crippen LogP contribution in [0.1, 0.15) is 43.1 Å². The van der Waals surface area contributed by atoms with Crippen LogP contribution in [-0.2, 0) is 4.74 Å². The van der Waals surface area contributed by atoms with Gasteiger partial charge in [-0.1, -0.05) is 12.1 Å². The van der Waals surface area contributed by atoms with E-state index in [2.05, 4.69) is 4.98 Å². The molecule has 1 heterocycles. The smallest absolute Gasteiger partial charge is 0.357 e. The molecule has 1 aromatic heterocycles. The van der Waals surface area contributed by atoms with Gasteiger partial charge in [0.2, 0.25) is 5.78 Å². The molecule has 0 aliphatic heterocycles. The van der Waals surface area contributed by atoms with Crippen molar-refractivity contribution in [2.24, 2.45) is 0 Å². The summed E-state index contributed by atoms with van der Waals surface area (Å²) in [5.74, 6) is -0.782. The first kappa shape index (κ1) is 15.9. The van der Waals surface area contributed by atoms with Crippen LogP contribution >= 0.6 is 0 Å². The molecule has 0 spiro atoms. The van der Waals surface area contributed by atoms with Crippen LogP contribution in [0.15, 0.2) is 30.5 Å². The number of pyridine rings is 1. The quantitative estimate of drug-likeness (QED) is 0.641. The molecule has 0 N–H and O–H groups in total. The van der Waals surface area contributed by atoms with E-state index >= 15 is 0 Å². The van der Waals surface area contributed by atoms with Crippen LogP contribution in [0.4, 0.5) is 0 Å². The van der Waals surface area contributed by atoms with Crippen LogP contribution in [0, 0.1) is 27.7 Å². The fraction of sp³-hybridized carbons (Fsp3) is 0.278. The fourth-order valence-corrected chi connectivity index (χ4v) is 2.47. The zero-order chi connectivity index (χ0) is 16.3. The second-order valence-electron chi connectivity index (χ2n) is 5.35. The molecule has 0 unspecified atom stereocenters. The topological polar surface area (TPSA) is 56.3 Å². The highest BCUT2D eigenvalue weighted by Crippen LogP contribution is 2.22. The average molecular weight is 297 g/mol. The van der Waals surface area contributed by atoms with Gasteiger partial charge in [0.25, 0.3) is 0 Å². The summed E-state index contributed by atoms with van der Waals surface area (Å²) in [6.45, 7) is 7.54. The summed E-state index contributed by atoms with van der Waals surface area (Å²) in [4.78, 5) is 28.1. The van der Waals surface area contributed by atoms with Crippen LogP contribution in [-0.4, -0.2) is 23.3 Å². The van der Waals surface area contributed by atoms with Crippen LogP contribution in [0.3, 0.4) is 0 Å². The lowest BCUT2D eigenvalue weighted by Crippen LogP contribution is -2.17. The zero-order valence-corrected chi connectivity index (χ0v) is 13.3. The van der Waals surface area contributed by atoms with Gasteiger partial charge in [0.05, 0.1) is 0 Å². The summed E-state index contributed by atoms with van der Waals surface area (Å²) in [6.07, 6.45) is 1.51. The molecule has 0 saturated heterocycles. The summed E-state index contributed by atoms with van der Waals surface area (Å²) in [5, 5.41) is 0. The number of hydrogen-bond donors (Lipinski definition) is 0. The molecule has 0 amide bonds. The molecule has 0 fully saturated rings. The van der Waals surface area contributed by atoms with Gasteiger partial charge in [-0.05, 0) is 62.1 Å². The third kappa shape index (κ3) is 3.22. The highest BCUT2D eigenvalue weighted by Gasteiger charge is 2.18. The molecule has 0 atom stereocenters. The Kier molecular flexibility index (Phi) is 4.71. The average Bonchev–Trinajstić information content (AvgIpc) is 2.51. The number of aromatic nitrogens is 1. The molecule has 2 rings (SSSR count). The van der Waals surface area contributed by atoms with Gasteiger partial charge in [-0.25, -0.2) is 9.78 Å². The zero-order valence-electron chi connectivity index (χ0n) is 13.3. The van der Waals surface area contributed by atoms with Crippen molar-refractivity contribution < 1.29 is 14.3 Å². The number of nitrogens with zero attached hydrogens (tertiary/aromatic N) is 1. The number of carbonyl (C=O) groups excluding carboxylic acids is 2. The Morgan fingerprint density at radius 3 is 2.41 bits per heavy atom. The van der Waals surface area contributed by atoms with E-state index in [1.807, 2.05) is 33.8 Å². The van der Waals surface area contributed by atoms with Crippen LogP contribution in [0.5, 0.6) is 0 Å². The molecule has 22 heavy (non-hydrogen) atoms. The van der Waals surface area contributed by atoms with E-state index in [0.29, 0.717) is 5.56 Å². The Bertz CT molecular complexity index is 721. The van der Waals surface area contributed by atoms with Gasteiger partial charge >= 0.3 is 5.97 Å². The molecule has 4 heteroatoms. The summed E-state index contributed by atoms with van der Waals surface area (Å²) in [7, 11) is 0. The summed E-state index contributed by atoms with van der Waals surface area (Å²) >= 11 is 0. The van der Waals surface area contributed by atoms with Crippen molar-refractivity contribution in [3.63, 3.8) is 0 Å². The maximum absolute atomic E-state index is 12.4. The number of benzene rings is 1. The van der Waals surface area contributed by atoms with Crippen molar-refractivity contribution in [1.82, 2.24) is 4.98 Å². The highest BCUT2D eigenvalue weighted by molar-refractivity contribution is 6.01. The molecule has 0 aliphatic rings. The van der Waals surface area contributed by atoms with Crippen molar-refractivity contribution in [3.8, 4) is 0 Å². The summed E-state index contributed by atoms with van der Waals surface area (Å²) in [6, 6.07) is 6.95. The minimum absolute atomic E-state index is 0.192. The largest absolute Gasteiger partial charge is 0.453 e. The maximum Gasteiger partial charge on any atom is 0.357 e. The Balaban J connectivity index is 2.14. The van der Waals surface area contributed by atoms with Gasteiger partial charge < -0.3 is 4.74 Å². The van der Waals surface area contributed by atoms with E-state index in [-0.39, 0.29) is 18.1 Å². The van der Waals surface area contributed by atoms with E-state index < -0.39 is 5.97 Å². The Morgan fingerprint density at radius 2 is 1.77 bits per heavy atom. The number of esters is 1. The van der Waals surface area contributed by atoms with Crippen molar-refractivity contribution >= 4 is 11.8 Å². The molecule has 0 aliphatic carbocycles. The van der Waals surface area contributed by atoms with Crippen molar-refractivity contribution in [3.05, 3.63) is 64.0 Å². The molecule has 114 valence electrons. The van der Waals surface area contributed by atoms with Gasteiger partial charge in [-0.3, -0.25) is 4.79 Å². The fourth-order valence-electron chi connectivity index (χ4n) is 2.47. The van der Waals surface area contributed by atoms with Gasteiger partial charge in [0.15, 0.2) is 6.61 Å². The van der Waals surface area contributed by atoms with Gasteiger partial charge in [0.1, 0.15) is 5.69 Å². The third-order valence-electron chi connectivity index (χ3n) is 3.84. The predicted molar refractivity (Wildman–Crippen MR) is 84.2 cm³/mol. The Labute approximate surface area is 130 Å².